The summed E-state index contributed by atoms with van der Waals surface area (Å²) in [6.45, 7) is 4.10. The Morgan fingerprint density at radius 3 is 2.88 bits per heavy atom. The predicted octanol–water partition coefficient (Wildman–Crippen LogP) is 4.46. The molecule has 0 radical (unpaired) electrons. The molecule has 0 N–H and O–H groups in total. The van der Waals surface area contributed by atoms with Crippen molar-refractivity contribution < 1.29 is 14.3 Å². The summed E-state index contributed by atoms with van der Waals surface area (Å²) in [5.41, 5.74) is 2.48. The molecule has 0 saturated carbocycles. The van der Waals surface area contributed by atoms with E-state index in [-0.39, 0.29) is 17.7 Å². The summed E-state index contributed by atoms with van der Waals surface area (Å²) < 4.78 is 11.8. The van der Waals surface area contributed by atoms with Crippen LogP contribution < -0.4 is 4.74 Å². The molecule has 1 amide bonds. The minimum Gasteiger partial charge on any atom is -0.437 e. The monoisotopic (exact) mass is 454 g/mol. The first kappa shape index (κ1) is 22.0. The van der Waals surface area contributed by atoms with Gasteiger partial charge in [-0.3, -0.25) is 14.8 Å². The van der Waals surface area contributed by atoms with Crippen molar-refractivity contribution in [3.8, 4) is 11.6 Å². The van der Waals surface area contributed by atoms with Crippen LogP contribution in [-0.2, 0) is 11.2 Å². The molecule has 0 unspecified atom stereocenters. The summed E-state index contributed by atoms with van der Waals surface area (Å²) in [4.78, 5) is 28.4. The summed E-state index contributed by atoms with van der Waals surface area (Å²) in [6.07, 6.45) is 7.83. The third kappa shape index (κ3) is 4.89. The SMILES string of the molecule is Cc1ccc(Oc2ncccc2C(=O)N2CCOC[C@@H](Cc3cncc4ccccc34)C2)cn1. The van der Waals surface area contributed by atoms with Gasteiger partial charge >= 0.3 is 0 Å². The number of ether oxygens (including phenoxy) is 2. The zero-order valence-electron chi connectivity index (χ0n) is 19.1. The number of aromatic nitrogens is 3. The van der Waals surface area contributed by atoms with Gasteiger partial charge in [-0.05, 0) is 48.6 Å². The molecule has 1 fully saturated rings. The van der Waals surface area contributed by atoms with E-state index >= 15 is 0 Å². The summed E-state index contributed by atoms with van der Waals surface area (Å²) in [5.74, 6) is 0.855. The van der Waals surface area contributed by atoms with Crippen molar-refractivity contribution >= 4 is 16.7 Å². The van der Waals surface area contributed by atoms with Gasteiger partial charge < -0.3 is 14.4 Å². The molecule has 4 aromatic rings. The van der Waals surface area contributed by atoms with Gasteiger partial charge in [0.25, 0.3) is 5.91 Å². The second-order valence-corrected chi connectivity index (χ2v) is 8.51. The molecule has 0 spiro atoms. The number of amides is 1. The van der Waals surface area contributed by atoms with Gasteiger partial charge in [-0.15, -0.1) is 0 Å². The third-order valence-electron chi connectivity index (χ3n) is 5.98. The Kier molecular flexibility index (Phi) is 6.44. The van der Waals surface area contributed by atoms with Crippen LogP contribution in [0.5, 0.6) is 11.6 Å². The maximum absolute atomic E-state index is 13.6. The summed E-state index contributed by atoms with van der Waals surface area (Å²) in [6, 6.07) is 15.4. The molecule has 0 bridgehead atoms. The van der Waals surface area contributed by atoms with Crippen LogP contribution in [0.4, 0.5) is 0 Å². The van der Waals surface area contributed by atoms with E-state index in [4.69, 9.17) is 9.47 Å². The summed E-state index contributed by atoms with van der Waals surface area (Å²) in [7, 11) is 0. The highest BCUT2D eigenvalue weighted by atomic mass is 16.5. The lowest BCUT2D eigenvalue weighted by molar-refractivity contribution is 0.0734. The van der Waals surface area contributed by atoms with Crippen LogP contribution in [0.25, 0.3) is 10.8 Å². The number of hydrogen-bond donors (Lipinski definition) is 0. The molecule has 3 aromatic heterocycles. The standard InChI is InChI=1S/C27H26N4O3/c1-19-8-9-23(16-30-19)34-26-25(7-4-10-29-26)27(32)31-11-12-33-18-20(17-31)13-22-15-28-14-21-5-2-3-6-24(21)22/h2-10,14-16,20H,11-13,17-18H2,1H3/t20-/m0/s1. The van der Waals surface area contributed by atoms with Gasteiger partial charge in [-0.2, -0.15) is 0 Å². The van der Waals surface area contributed by atoms with E-state index in [1.165, 1.54) is 10.9 Å². The average molecular weight is 455 g/mol. The quantitative estimate of drug-likeness (QED) is 0.443. The average Bonchev–Trinajstić information content (AvgIpc) is 3.11. The van der Waals surface area contributed by atoms with Crippen molar-refractivity contribution in [2.75, 3.05) is 26.3 Å². The van der Waals surface area contributed by atoms with E-state index in [1.54, 1.807) is 24.5 Å². The number of benzene rings is 1. The zero-order chi connectivity index (χ0) is 23.3. The molecule has 0 aliphatic carbocycles. The minimum atomic E-state index is -0.116. The molecule has 7 nitrogen and oxygen atoms in total. The van der Waals surface area contributed by atoms with E-state index in [2.05, 4.69) is 27.1 Å². The van der Waals surface area contributed by atoms with Gasteiger partial charge in [0.15, 0.2) is 0 Å². The fraction of sp³-hybridized carbons (Fsp3) is 0.259. The van der Waals surface area contributed by atoms with Crippen LogP contribution in [0.3, 0.4) is 0 Å². The Balaban J connectivity index is 1.35. The van der Waals surface area contributed by atoms with Crippen molar-refractivity contribution in [1.82, 2.24) is 19.9 Å². The zero-order valence-corrected chi connectivity index (χ0v) is 19.1. The van der Waals surface area contributed by atoms with E-state index < -0.39 is 0 Å². The summed E-state index contributed by atoms with van der Waals surface area (Å²) >= 11 is 0. The second kappa shape index (κ2) is 9.97. The number of hydrogen-bond acceptors (Lipinski definition) is 6. The highest BCUT2D eigenvalue weighted by molar-refractivity contribution is 5.96. The molecular weight excluding hydrogens is 428 g/mol. The van der Waals surface area contributed by atoms with Gasteiger partial charge in [-0.1, -0.05) is 24.3 Å². The maximum atomic E-state index is 13.6. The lowest BCUT2D eigenvalue weighted by Crippen LogP contribution is -2.36. The van der Waals surface area contributed by atoms with Gasteiger partial charge in [0.05, 0.1) is 19.4 Å². The lowest BCUT2D eigenvalue weighted by atomic mass is 9.96. The number of aryl methyl sites for hydroxylation is 1. The number of pyridine rings is 3. The molecule has 1 aromatic carbocycles. The van der Waals surface area contributed by atoms with Crippen molar-refractivity contribution in [2.45, 2.75) is 13.3 Å². The number of carbonyl (C=O) groups is 1. The number of rotatable bonds is 5. The van der Waals surface area contributed by atoms with Gasteiger partial charge in [-0.25, -0.2) is 4.98 Å². The Morgan fingerprint density at radius 2 is 2.00 bits per heavy atom. The Bertz CT molecular complexity index is 1290. The fourth-order valence-corrected chi connectivity index (χ4v) is 4.27. The van der Waals surface area contributed by atoms with Crippen molar-refractivity contribution in [1.29, 1.82) is 0 Å². The number of carbonyl (C=O) groups excluding carboxylic acids is 1. The molecule has 4 heterocycles. The fourth-order valence-electron chi connectivity index (χ4n) is 4.27. The van der Waals surface area contributed by atoms with Crippen molar-refractivity contribution in [3.05, 3.63) is 90.1 Å². The van der Waals surface area contributed by atoms with Crippen LogP contribution in [0.15, 0.2) is 73.3 Å². The van der Waals surface area contributed by atoms with Crippen molar-refractivity contribution in [2.24, 2.45) is 5.92 Å². The highest BCUT2D eigenvalue weighted by Gasteiger charge is 2.26. The van der Waals surface area contributed by atoms with Crippen LogP contribution in [-0.4, -0.2) is 52.1 Å². The third-order valence-corrected chi connectivity index (χ3v) is 5.98. The first-order valence-corrected chi connectivity index (χ1v) is 11.4. The first-order chi connectivity index (χ1) is 16.7. The van der Waals surface area contributed by atoms with Gasteiger partial charge in [0.1, 0.15) is 11.3 Å². The van der Waals surface area contributed by atoms with Crippen LogP contribution in [0.1, 0.15) is 21.6 Å². The molecule has 1 aliphatic rings. The Morgan fingerprint density at radius 1 is 1.09 bits per heavy atom. The van der Waals surface area contributed by atoms with Crippen molar-refractivity contribution in [3.63, 3.8) is 0 Å². The number of fused-ring (bicyclic) bond motifs is 1. The second-order valence-electron chi connectivity index (χ2n) is 8.51. The Labute approximate surface area is 198 Å². The molecule has 172 valence electrons. The van der Waals surface area contributed by atoms with Crippen LogP contribution in [0, 0.1) is 12.8 Å². The summed E-state index contributed by atoms with van der Waals surface area (Å²) in [5, 5.41) is 2.31. The predicted molar refractivity (Wildman–Crippen MR) is 129 cm³/mol. The van der Waals surface area contributed by atoms with Gasteiger partial charge in [0, 0.05) is 48.7 Å². The minimum absolute atomic E-state index is 0.116. The maximum Gasteiger partial charge on any atom is 0.259 e. The van der Waals surface area contributed by atoms with Crippen LogP contribution >= 0.6 is 0 Å². The number of nitrogens with zero attached hydrogens (tertiary/aromatic N) is 4. The lowest BCUT2D eigenvalue weighted by Gasteiger charge is -2.24. The molecule has 7 heteroatoms. The molecule has 1 aliphatic heterocycles. The normalized spacial score (nSPS) is 16.3. The van der Waals surface area contributed by atoms with Crippen LogP contribution in [0.2, 0.25) is 0 Å². The van der Waals surface area contributed by atoms with Gasteiger partial charge in [0.2, 0.25) is 5.88 Å². The molecular formula is C27H26N4O3. The largest absolute Gasteiger partial charge is 0.437 e. The van der Waals surface area contributed by atoms with E-state index in [0.29, 0.717) is 37.6 Å². The van der Waals surface area contributed by atoms with E-state index in [1.807, 2.05) is 48.5 Å². The Hall–Kier alpha value is -3.84. The molecule has 34 heavy (non-hydrogen) atoms. The smallest absolute Gasteiger partial charge is 0.259 e. The molecule has 1 atom stereocenters. The highest BCUT2D eigenvalue weighted by Crippen LogP contribution is 2.26. The van der Waals surface area contributed by atoms with E-state index in [9.17, 15) is 4.79 Å². The topological polar surface area (TPSA) is 77.4 Å². The molecule has 5 rings (SSSR count). The van der Waals surface area contributed by atoms with E-state index in [0.717, 1.165) is 17.5 Å². The molecule has 1 saturated heterocycles. The first-order valence-electron chi connectivity index (χ1n) is 11.4.